The van der Waals surface area contributed by atoms with Crippen molar-refractivity contribution in [2.75, 3.05) is 5.73 Å². The summed E-state index contributed by atoms with van der Waals surface area (Å²) in [6, 6.07) is 0. The molecule has 52 valence electrons. The molecule has 0 spiro atoms. The lowest BCUT2D eigenvalue weighted by atomic mass is 10.6. The van der Waals surface area contributed by atoms with E-state index in [-0.39, 0.29) is 0 Å². The van der Waals surface area contributed by atoms with Gasteiger partial charge in [-0.25, -0.2) is 4.98 Å². The summed E-state index contributed by atoms with van der Waals surface area (Å²) < 4.78 is 1.87. The van der Waals surface area contributed by atoms with Crippen LogP contribution in [0, 0.1) is 6.92 Å². The van der Waals surface area contributed by atoms with E-state index in [1.807, 2.05) is 17.5 Å². The first kappa shape index (κ1) is 5.34. The first-order valence-electron chi connectivity index (χ1n) is 3.05. The summed E-state index contributed by atoms with van der Waals surface area (Å²) in [5.41, 5.74) is 7.49. The minimum atomic E-state index is 0.549. The maximum atomic E-state index is 5.53. The Hall–Kier alpha value is -1.45. The molecule has 0 saturated heterocycles. The number of H-pyrrole nitrogens is 1. The quantitative estimate of drug-likeness (QED) is 0.555. The standard InChI is InChI=1S/C6H8N4/c1-4-2-10-3-8-5(7)6(10)9-4/h2-3,9H,7H2,1H3. The number of nitrogens with one attached hydrogen (secondary N) is 1. The molecule has 0 aliphatic rings. The van der Waals surface area contributed by atoms with Gasteiger partial charge in [-0.2, -0.15) is 0 Å². The molecule has 0 fully saturated rings. The molecule has 2 heterocycles. The Morgan fingerprint density at radius 2 is 2.50 bits per heavy atom. The zero-order chi connectivity index (χ0) is 7.14. The van der Waals surface area contributed by atoms with Crippen molar-refractivity contribution in [3.05, 3.63) is 18.2 Å². The van der Waals surface area contributed by atoms with E-state index in [9.17, 15) is 0 Å². The molecule has 0 saturated carbocycles. The van der Waals surface area contributed by atoms with E-state index in [2.05, 4.69) is 9.97 Å². The van der Waals surface area contributed by atoms with Crippen LogP contribution in [0.3, 0.4) is 0 Å². The van der Waals surface area contributed by atoms with E-state index < -0.39 is 0 Å². The van der Waals surface area contributed by atoms with Gasteiger partial charge in [0.15, 0.2) is 11.5 Å². The summed E-state index contributed by atoms with van der Waals surface area (Å²) >= 11 is 0. The summed E-state index contributed by atoms with van der Waals surface area (Å²) in [6.07, 6.45) is 3.63. The van der Waals surface area contributed by atoms with E-state index >= 15 is 0 Å². The molecule has 4 nitrogen and oxygen atoms in total. The van der Waals surface area contributed by atoms with Crippen LogP contribution in [-0.4, -0.2) is 14.4 Å². The third-order valence-corrected chi connectivity index (χ3v) is 1.47. The van der Waals surface area contributed by atoms with Gasteiger partial charge in [0.05, 0.1) is 0 Å². The van der Waals surface area contributed by atoms with Gasteiger partial charge in [-0.3, -0.25) is 4.40 Å². The highest BCUT2D eigenvalue weighted by atomic mass is 15.1. The van der Waals surface area contributed by atoms with Gasteiger partial charge in [0, 0.05) is 11.9 Å². The summed E-state index contributed by atoms with van der Waals surface area (Å²) in [6.45, 7) is 1.98. The number of aromatic amines is 1. The van der Waals surface area contributed by atoms with Gasteiger partial charge in [0.1, 0.15) is 6.33 Å². The molecule has 0 bridgehead atoms. The predicted molar refractivity (Wildman–Crippen MR) is 38.7 cm³/mol. The Morgan fingerprint density at radius 3 is 3.20 bits per heavy atom. The number of imidazole rings is 2. The second kappa shape index (κ2) is 1.53. The number of aromatic nitrogens is 3. The van der Waals surface area contributed by atoms with E-state index in [4.69, 9.17) is 5.73 Å². The lowest BCUT2D eigenvalue weighted by molar-refractivity contribution is 1.17. The number of rotatable bonds is 0. The minimum Gasteiger partial charge on any atom is -0.381 e. The van der Waals surface area contributed by atoms with E-state index in [0.717, 1.165) is 11.3 Å². The molecular formula is C6H8N4. The Kier molecular flexibility index (Phi) is 0.818. The average Bonchev–Trinajstić information content (AvgIpc) is 2.35. The van der Waals surface area contributed by atoms with Crippen LogP contribution in [0.4, 0.5) is 5.82 Å². The largest absolute Gasteiger partial charge is 0.381 e. The van der Waals surface area contributed by atoms with Gasteiger partial charge in [-0.15, -0.1) is 0 Å². The minimum absolute atomic E-state index is 0.549. The Morgan fingerprint density at radius 1 is 1.70 bits per heavy atom. The molecule has 0 radical (unpaired) electrons. The number of nitrogen functional groups attached to an aromatic ring is 1. The Labute approximate surface area is 57.7 Å². The Balaban J connectivity index is 2.90. The SMILES string of the molecule is Cc1cn2cnc(N)c2[nH]1. The fourth-order valence-corrected chi connectivity index (χ4v) is 1.03. The van der Waals surface area contributed by atoms with Crippen molar-refractivity contribution < 1.29 is 0 Å². The van der Waals surface area contributed by atoms with E-state index in [1.165, 1.54) is 0 Å². The zero-order valence-corrected chi connectivity index (χ0v) is 5.63. The highest BCUT2D eigenvalue weighted by Crippen LogP contribution is 2.09. The number of aryl methyl sites for hydroxylation is 1. The summed E-state index contributed by atoms with van der Waals surface area (Å²) in [7, 11) is 0. The molecule has 0 aliphatic heterocycles. The predicted octanol–water partition coefficient (Wildman–Crippen LogP) is 0.553. The molecule has 0 aromatic carbocycles. The molecule has 2 aromatic rings. The third-order valence-electron chi connectivity index (χ3n) is 1.47. The van der Waals surface area contributed by atoms with Crippen LogP contribution in [0.25, 0.3) is 5.65 Å². The zero-order valence-electron chi connectivity index (χ0n) is 5.63. The molecule has 10 heavy (non-hydrogen) atoms. The van der Waals surface area contributed by atoms with Crippen molar-refractivity contribution in [2.45, 2.75) is 6.92 Å². The van der Waals surface area contributed by atoms with Crippen LogP contribution in [0.15, 0.2) is 12.5 Å². The number of nitrogens with two attached hydrogens (primary N) is 1. The van der Waals surface area contributed by atoms with Crippen LogP contribution in [-0.2, 0) is 0 Å². The number of fused-ring (bicyclic) bond motifs is 1. The molecule has 0 unspecified atom stereocenters. The van der Waals surface area contributed by atoms with Crippen LogP contribution in [0.5, 0.6) is 0 Å². The fraction of sp³-hybridized carbons (Fsp3) is 0.167. The summed E-state index contributed by atoms with van der Waals surface area (Å²) in [5.74, 6) is 0.549. The third kappa shape index (κ3) is 0.528. The van der Waals surface area contributed by atoms with Crippen LogP contribution < -0.4 is 5.73 Å². The molecule has 4 heteroatoms. The van der Waals surface area contributed by atoms with E-state index in [0.29, 0.717) is 5.82 Å². The molecule has 0 atom stereocenters. The van der Waals surface area contributed by atoms with Crippen molar-refractivity contribution in [1.82, 2.24) is 14.4 Å². The first-order valence-corrected chi connectivity index (χ1v) is 3.05. The fourth-order valence-electron chi connectivity index (χ4n) is 1.03. The number of nitrogens with zero attached hydrogens (tertiary/aromatic N) is 2. The first-order chi connectivity index (χ1) is 4.77. The monoisotopic (exact) mass is 136 g/mol. The van der Waals surface area contributed by atoms with Gasteiger partial charge < -0.3 is 10.7 Å². The second-order valence-corrected chi connectivity index (χ2v) is 2.32. The van der Waals surface area contributed by atoms with Crippen LogP contribution in [0.2, 0.25) is 0 Å². The topological polar surface area (TPSA) is 59.1 Å². The van der Waals surface area contributed by atoms with Crippen molar-refractivity contribution in [2.24, 2.45) is 0 Å². The molecule has 0 amide bonds. The molecule has 0 aliphatic carbocycles. The highest BCUT2D eigenvalue weighted by molar-refractivity contribution is 5.60. The van der Waals surface area contributed by atoms with Gasteiger partial charge in [0.2, 0.25) is 0 Å². The lowest BCUT2D eigenvalue weighted by Crippen LogP contribution is -1.84. The second-order valence-electron chi connectivity index (χ2n) is 2.32. The maximum Gasteiger partial charge on any atom is 0.167 e. The average molecular weight is 136 g/mol. The molecule has 3 N–H and O–H groups in total. The maximum absolute atomic E-state index is 5.53. The lowest BCUT2D eigenvalue weighted by Gasteiger charge is -1.80. The van der Waals surface area contributed by atoms with Crippen LogP contribution >= 0.6 is 0 Å². The number of hydrogen-bond donors (Lipinski definition) is 2. The van der Waals surface area contributed by atoms with Crippen molar-refractivity contribution in [3.8, 4) is 0 Å². The van der Waals surface area contributed by atoms with Crippen molar-refractivity contribution in [3.63, 3.8) is 0 Å². The highest BCUT2D eigenvalue weighted by Gasteiger charge is 2.00. The summed E-state index contributed by atoms with van der Waals surface area (Å²) in [5, 5.41) is 0. The van der Waals surface area contributed by atoms with Crippen LogP contribution in [0.1, 0.15) is 5.69 Å². The van der Waals surface area contributed by atoms with E-state index in [1.54, 1.807) is 6.33 Å². The van der Waals surface area contributed by atoms with Crippen molar-refractivity contribution >= 4 is 11.5 Å². The van der Waals surface area contributed by atoms with Gasteiger partial charge in [-0.05, 0) is 6.92 Å². The Bertz CT molecular complexity index is 357. The van der Waals surface area contributed by atoms with Crippen molar-refractivity contribution in [1.29, 1.82) is 0 Å². The molecule has 2 aromatic heterocycles. The summed E-state index contributed by atoms with van der Waals surface area (Å²) in [4.78, 5) is 6.99. The smallest absolute Gasteiger partial charge is 0.167 e. The normalized spacial score (nSPS) is 10.9. The molecule has 2 rings (SSSR count). The number of hydrogen-bond acceptors (Lipinski definition) is 2. The van der Waals surface area contributed by atoms with Gasteiger partial charge in [-0.1, -0.05) is 0 Å². The number of anilines is 1. The molecular weight excluding hydrogens is 128 g/mol. The van der Waals surface area contributed by atoms with Gasteiger partial charge in [0.25, 0.3) is 0 Å². The van der Waals surface area contributed by atoms with Gasteiger partial charge >= 0.3 is 0 Å².